The number of carbonyl (C=O) groups is 1. The number of nitrogen functional groups attached to an aromatic ring is 2. The van der Waals surface area contributed by atoms with Crippen LogP contribution in [-0.4, -0.2) is 36.6 Å². The van der Waals surface area contributed by atoms with Gasteiger partial charge in [-0.15, -0.1) is 0 Å². The van der Waals surface area contributed by atoms with Crippen molar-refractivity contribution < 1.29 is 18.4 Å². The largest absolute Gasteiger partial charge is 0.427 e. The lowest BCUT2D eigenvalue weighted by Gasteiger charge is -2.16. The number of anilines is 1. The molecule has 0 aliphatic heterocycles. The number of hydrogen-bond acceptors (Lipinski definition) is 7. The van der Waals surface area contributed by atoms with E-state index in [2.05, 4.69) is 15.0 Å². The summed E-state index contributed by atoms with van der Waals surface area (Å²) in [6.07, 6.45) is 0.273. The summed E-state index contributed by atoms with van der Waals surface area (Å²) in [7, 11) is -4.06. The van der Waals surface area contributed by atoms with Gasteiger partial charge in [-0.05, 0) is 77.2 Å². The maximum atomic E-state index is 13.4. The Morgan fingerprint density at radius 3 is 2.38 bits per heavy atom. The Labute approximate surface area is 299 Å². The minimum Gasteiger partial charge on any atom is -0.427 e. The standard InChI is InChI=1S/C36H35Cl2N7O4S/c37-28-6-3-4-23(16-28)14-15-42-34-13-12-31(33(45(34)47)20-35(46)43-21-24-8-10-25(11-9-24)36(40)41)27-17-29(39)19-30(18-27)50(48,49)44-22-26-5-1-2-7-32(26)38/h1-13,16-19,44,47H,14-15,20-22,39H2,(H3,40,41)(H,43,46). The van der Waals surface area contributed by atoms with Gasteiger partial charge in [-0.25, -0.2) is 13.1 Å². The van der Waals surface area contributed by atoms with Gasteiger partial charge in [-0.1, -0.05) is 77.8 Å². The molecule has 1 aromatic heterocycles. The SMILES string of the molecule is N=C(N)c1ccc(CNC(=O)Cc2c(-c3cc(N)cc(S(=O)(=O)NCc4ccccc4Cl)c3)ccc(=NCCc3cccc(Cl)c3)n2O)cc1. The molecule has 0 aliphatic rings. The minimum atomic E-state index is -4.06. The lowest BCUT2D eigenvalue weighted by atomic mass is 10.0. The van der Waals surface area contributed by atoms with Crippen molar-refractivity contribution >= 4 is 50.7 Å². The van der Waals surface area contributed by atoms with Crippen LogP contribution in [0, 0.1) is 5.41 Å². The van der Waals surface area contributed by atoms with Gasteiger partial charge in [-0.2, -0.15) is 4.73 Å². The molecule has 8 N–H and O–H groups in total. The van der Waals surface area contributed by atoms with Gasteiger partial charge in [0, 0.05) is 46.5 Å². The first kappa shape index (κ1) is 36.1. The molecule has 11 nitrogen and oxygen atoms in total. The zero-order chi connectivity index (χ0) is 35.8. The molecule has 1 heterocycles. The summed E-state index contributed by atoms with van der Waals surface area (Å²) >= 11 is 12.3. The van der Waals surface area contributed by atoms with E-state index in [1.54, 1.807) is 72.8 Å². The van der Waals surface area contributed by atoms with Crippen LogP contribution in [0.2, 0.25) is 10.0 Å². The van der Waals surface area contributed by atoms with Crippen molar-refractivity contribution in [3.63, 3.8) is 0 Å². The molecule has 4 aromatic carbocycles. The summed E-state index contributed by atoms with van der Waals surface area (Å²) in [5.74, 6) is -0.480. The molecule has 0 radical (unpaired) electrons. The molecular formula is C36H35Cl2N7O4S. The van der Waals surface area contributed by atoms with Gasteiger partial charge < -0.3 is 22.0 Å². The van der Waals surface area contributed by atoms with E-state index in [1.807, 2.05) is 18.2 Å². The number of hydrogen-bond donors (Lipinski definition) is 6. The topological polar surface area (TPSA) is 189 Å². The fraction of sp³-hybridized carbons (Fsp3) is 0.139. The highest BCUT2D eigenvalue weighted by molar-refractivity contribution is 7.89. The number of rotatable bonds is 13. The summed E-state index contributed by atoms with van der Waals surface area (Å²) in [6, 6.07) is 28.7. The Morgan fingerprint density at radius 1 is 0.900 bits per heavy atom. The van der Waals surface area contributed by atoms with Crippen LogP contribution in [0.5, 0.6) is 0 Å². The fourth-order valence-electron chi connectivity index (χ4n) is 5.17. The Morgan fingerprint density at radius 2 is 1.66 bits per heavy atom. The number of sulfonamides is 1. The number of halogens is 2. The first-order chi connectivity index (χ1) is 23.9. The smallest absolute Gasteiger partial charge is 0.240 e. The first-order valence-corrected chi connectivity index (χ1v) is 17.7. The predicted octanol–water partition coefficient (Wildman–Crippen LogP) is 5.05. The van der Waals surface area contributed by atoms with Gasteiger partial charge in [0.15, 0.2) is 5.49 Å². The van der Waals surface area contributed by atoms with Crippen LogP contribution in [0.4, 0.5) is 5.69 Å². The summed E-state index contributed by atoms with van der Waals surface area (Å²) < 4.78 is 30.2. The Kier molecular flexibility index (Phi) is 11.6. The second kappa shape index (κ2) is 16.0. The van der Waals surface area contributed by atoms with Crippen LogP contribution < -0.4 is 27.0 Å². The highest BCUT2D eigenvalue weighted by Crippen LogP contribution is 2.29. The van der Waals surface area contributed by atoms with E-state index in [0.29, 0.717) is 45.3 Å². The maximum absolute atomic E-state index is 13.4. The van der Waals surface area contributed by atoms with Gasteiger partial charge in [0.05, 0.1) is 17.0 Å². The monoisotopic (exact) mass is 731 g/mol. The van der Waals surface area contributed by atoms with Crippen LogP contribution in [0.15, 0.2) is 113 Å². The summed E-state index contributed by atoms with van der Waals surface area (Å²) in [5.41, 5.74) is 15.9. The highest BCUT2D eigenvalue weighted by Gasteiger charge is 2.20. The van der Waals surface area contributed by atoms with Crippen molar-refractivity contribution in [3.05, 3.63) is 147 Å². The van der Waals surface area contributed by atoms with Crippen LogP contribution in [0.1, 0.15) is 27.9 Å². The fourth-order valence-corrected chi connectivity index (χ4v) is 6.67. The van der Waals surface area contributed by atoms with Crippen molar-refractivity contribution in [1.29, 1.82) is 5.41 Å². The zero-order valence-electron chi connectivity index (χ0n) is 26.7. The average molecular weight is 733 g/mol. The van der Waals surface area contributed by atoms with Gasteiger partial charge in [0.25, 0.3) is 0 Å². The van der Waals surface area contributed by atoms with E-state index >= 15 is 0 Å². The van der Waals surface area contributed by atoms with Gasteiger partial charge in [0.2, 0.25) is 15.9 Å². The third-order valence-electron chi connectivity index (χ3n) is 7.79. The number of aromatic nitrogens is 1. The molecule has 258 valence electrons. The van der Waals surface area contributed by atoms with E-state index in [4.69, 9.17) is 40.1 Å². The molecule has 0 fully saturated rings. The van der Waals surface area contributed by atoms with E-state index in [1.165, 1.54) is 12.1 Å². The quantitative estimate of drug-likeness (QED) is 0.0426. The molecule has 0 bridgehead atoms. The molecule has 0 saturated carbocycles. The van der Waals surface area contributed by atoms with E-state index in [0.717, 1.165) is 15.9 Å². The Hall–Kier alpha value is -5.14. The zero-order valence-corrected chi connectivity index (χ0v) is 29.1. The van der Waals surface area contributed by atoms with Crippen molar-refractivity contribution in [2.45, 2.75) is 30.8 Å². The summed E-state index contributed by atoms with van der Waals surface area (Å²) in [6.45, 7) is 0.455. The Balaban J connectivity index is 1.46. The molecule has 0 aliphatic carbocycles. The second-order valence-corrected chi connectivity index (χ2v) is 14.0. The van der Waals surface area contributed by atoms with Crippen molar-refractivity contribution in [1.82, 2.24) is 14.8 Å². The van der Waals surface area contributed by atoms with Gasteiger partial charge >= 0.3 is 0 Å². The number of nitrogens with one attached hydrogen (secondary N) is 3. The van der Waals surface area contributed by atoms with Gasteiger partial charge in [0.1, 0.15) is 5.84 Å². The predicted molar refractivity (Wildman–Crippen MR) is 196 cm³/mol. The number of amidine groups is 1. The number of amides is 1. The molecule has 50 heavy (non-hydrogen) atoms. The van der Waals surface area contributed by atoms with Gasteiger partial charge in [-0.3, -0.25) is 15.2 Å². The molecular weight excluding hydrogens is 697 g/mol. The maximum Gasteiger partial charge on any atom is 0.240 e. The molecule has 0 atom stereocenters. The summed E-state index contributed by atoms with van der Waals surface area (Å²) in [4.78, 5) is 17.8. The summed E-state index contributed by atoms with van der Waals surface area (Å²) in [5, 5.41) is 22.9. The minimum absolute atomic E-state index is 0.0446. The van der Waals surface area contributed by atoms with Crippen LogP contribution in [-0.2, 0) is 40.7 Å². The van der Waals surface area contributed by atoms with E-state index in [9.17, 15) is 18.4 Å². The number of carbonyl (C=O) groups excluding carboxylic acids is 1. The van der Waals surface area contributed by atoms with E-state index in [-0.39, 0.29) is 47.1 Å². The molecule has 0 saturated heterocycles. The number of benzene rings is 4. The molecule has 0 spiro atoms. The molecule has 1 amide bonds. The first-order valence-electron chi connectivity index (χ1n) is 15.4. The highest BCUT2D eigenvalue weighted by atomic mass is 35.5. The molecule has 0 unspecified atom stereocenters. The third kappa shape index (κ3) is 9.30. The van der Waals surface area contributed by atoms with Crippen molar-refractivity contribution in [2.75, 3.05) is 12.3 Å². The molecule has 5 rings (SSSR count). The van der Waals surface area contributed by atoms with Crippen molar-refractivity contribution in [3.8, 4) is 11.1 Å². The third-order valence-corrected chi connectivity index (χ3v) is 9.77. The normalized spacial score (nSPS) is 11.8. The van der Waals surface area contributed by atoms with E-state index < -0.39 is 15.9 Å². The number of pyridine rings is 1. The molecule has 14 heteroatoms. The second-order valence-electron chi connectivity index (χ2n) is 11.4. The lowest BCUT2D eigenvalue weighted by molar-refractivity contribution is -0.120. The van der Waals surface area contributed by atoms with Crippen molar-refractivity contribution in [2.24, 2.45) is 10.7 Å². The average Bonchev–Trinajstić information content (AvgIpc) is 3.08. The van der Waals surface area contributed by atoms with Crippen LogP contribution in [0.25, 0.3) is 11.1 Å². The number of nitrogens with two attached hydrogens (primary N) is 2. The number of nitrogens with zero attached hydrogens (tertiary/aromatic N) is 2. The van der Waals surface area contributed by atoms with Crippen LogP contribution in [0.3, 0.4) is 0 Å². The Bertz CT molecular complexity index is 2220. The lowest BCUT2D eigenvalue weighted by Crippen LogP contribution is -2.30. The van der Waals surface area contributed by atoms with Crippen LogP contribution >= 0.6 is 23.2 Å². The molecule has 5 aromatic rings.